The number of likely N-dealkylation sites (tertiary alicyclic amines) is 1. The van der Waals surface area contributed by atoms with Crippen LogP contribution in [0.1, 0.15) is 51.2 Å². The van der Waals surface area contributed by atoms with Crippen LogP contribution < -0.4 is 5.32 Å². The number of allylic oxidation sites excluding steroid dienone is 1. The van der Waals surface area contributed by atoms with Crippen LogP contribution in [0.25, 0.3) is 0 Å². The fraction of sp³-hybridized carbons (Fsp3) is 0.632. The molecule has 0 aliphatic carbocycles. The van der Waals surface area contributed by atoms with Crippen molar-refractivity contribution >= 4 is 39.6 Å². The van der Waals surface area contributed by atoms with Gasteiger partial charge in [-0.1, -0.05) is 72.3 Å². The van der Waals surface area contributed by atoms with E-state index in [1.54, 1.807) is 17.1 Å². The minimum Gasteiger partial charge on any atom is -0.455 e. The number of halogens is 1. The summed E-state index contributed by atoms with van der Waals surface area (Å²) < 4.78 is 18.4. The average molecular weight is 774 g/mol. The van der Waals surface area contributed by atoms with Gasteiger partial charge in [0.05, 0.1) is 50.3 Å². The number of fused-ring (bicyclic) bond motifs is 1. The van der Waals surface area contributed by atoms with E-state index in [1.807, 2.05) is 44.2 Å². The molecule has 4 aliphatic heterocycles. The number of nitrogens with one attached hydrogen (secondary N) is 1. The molecule has 280 valence electrons. The third kappa shape index (κ3) is 8.43. The van der Waals surface area contributed by atoms with Gasteiger partial charge in [0.1, 0.15) is 17.7 Å². The summed E-state index contributed by atoms with van der Waals surface area (Å²) in [6.07, 6.45) is 3.35. The van der Waals surface area contributed by atoms with Crippen molar-refractivity contribution in [2.75, 3.05) is 59.1 Å². The summed E-state index contributed by atoms with van der Waals surface area (Å²) in [5, 5.41) is 13.6. The number of ether oxygens (including phenoxy) is 3. The minimum absolute atomic E-state index is 0.0410. The molecule has 4 saturated heterocycles. The van der Waals surface area contributed by atoms with Crippen LogP contribution in [-0.4, -0.2) is 131 Å². The van der Waals surface area contributed by atoms with Crippen LogP contribution in [0.3, 0.4) is 0 Å². The van der Waals surface area contributed by atoms with E-state index in [0.29, 0.717) is 51.1 Å². The quantitative estimate of drug-likeness (QED) is 0.131. The Bertz CT molecular complexity index is 1410. The zero-order valence-corrected chi connectivity index (χ0v) is 31.4. The zero-order chi connectivity index (χ0) is 36.7. The van der Waals surface area contributed by atoms with Gasteiger partial charge in [-0.25, -0.2) is 0 Å². The Morgan fingerprint density at radius 2 is 1.90 bits per heavy atom. The van der Waals surface area contributed by atoms with Crippen molar-refractivity contribution in [1.29, 1.82) is 0 Å². The van der Waals surface area contributed by atoms with Crippen LogP contribution in [0, 0.1) is 17.8 Å². The summed E-state index contributed by atoms with van der Waals surface area (Å²) in [5.74, 6) is -3.41. The number of morpholine rings is 1. The van der Waals surface area contributed by atoms with Crippen molar-refractivity contribution in [2.24, 2.45) is 17.8 Å². The number of hydrogen-bond acceptors (Lipinski definition) is 9. The second-order valence-corrected chi connectivity index (χ2v) is 15.5. The fourth-order valence-electron chi connectivity index (χ4n) is 8.18. The fourth-order valence-corrected chi connectivity index (χ4v) is 9.12. The molecule has 1 aromatic carbocycles. The van der Waals surface area contributed by atoms with Gasteiger partial charge in [-0.15, -0.1) is 13.2 Å². The Balaban J connectivity index is 1.46. The number of aliphatic hydroxyl groups excluding tert-OH is 1. The normalized spacial score (nSPS) is 28.3. The number of carbonyl (C=O) groups excluding carboxylic acids is 4. The zero-order valence-electron chi connectivity index (χ0n) is 29.8. The molecule has 0 saturated carbocycles. The summed E-state index contributed by atoms with van der Waals surface area (Å²) in [5.41, 5.74) is -0.630. The molecule has 4 fully saturated rings. The first kappa shape index (κ1) is 39.1. The summed E-state index contributed by atoms with van der Waals surface area (Å²) in [6.45, 7) is 15.4. The molecule has 2 bridgehead atoms. The van der Waals surface area contributed by atoms with Crippen molar-refractivity contribution in [3.8, 4) is 0 Å². The predicted octanol–water partition coefficient (Wildman–Crippen LogP) is 2.86. The highest BCUT2D eigenvalue weighted by atomic mass is 79.9. The lowest BCUT2D eigenvalue weighted by Crippen LogP contribution is -2.59. The topological polar surface area (TPSA) is 138 Å². The Morgan fingerprint density at radius 3 is 2.55 bits per heavy atom. The monoisotopic (exact) mass is 772 g/mol. The second-order valence-electron chi connectivity index (χ2n) is 14.4. The molecule has 51 heavy (non-hydrogen) atoms. The van der Waals surface area contributed by atoms with Crippen LogP contribution in [0.15, 0.2) is 55.6 Å². The number of aliphatic hydroxyl groups is 1. The maximum Gasteiger partial charge on any atom is 0.313 e. The van der Waals surface area contributed by atoms with Gasteiger partial charge in [0.25, 0.3) is 0 Å². The van der Waals surface area contributed by atoms with Crippen LogP contribution >= 0.6 is 15.9 Å². The lowest BCUT2D eigenvalue weighted by Gasteiger charge is -2.40. The van der Waals surface area contributed by atoms with Gasteiger partial charge < -0.3 is 34.4 Å². The minimum atomic E-state index is -1.32. The van der Waals surface area contributed by atoms with E-state index in [9.17, 15) is 24.3 Å². The average Bonchev–Trinajstić information content (AvgIpc) is 3.73. The summed E-state index contributed by atoms with van der Waals surface area (Å²) in [7, 11) is 0. The van der Waals surface area contributed by atoms with E-state index in [-0.39, 0.29) is 48.7 Å². The number of nitrogens with zero attached hydrogens (tertiary/aromatic N) is 3. The Hall–Kier alpha value is -3.10. The highest BCUT2D eigenvalue weighted by Gasteiger charge is 2.77. The molecular formula is C38H53BrN4O8. The number of amides is 3. The van der Waals surface area contributed by atoms with E-state index in [1.165, 1.54) is 4.90 Å². The molecule has 5 rings (SSSR count). The number of alkyl halides is 1. The van der Waals surface area contributed by atoms with Crippen molar-refractivity contribution in [3.05, 3.63) is 61.2 Å². The molecule has 0 radical (unpaired) electrons. The van der Waals surface area contributed by atoms with Gasteiger partial charge in [-0.05, 0) is 30.7 Å². The predicted molar refractivity (Wildman–Crippen MR) is 195 cm³/mol. The van der Waals surface area contributed by atoms with Crippen molar-refractivity contribution in [2.45, 2.75) is 74.3 Å². The molecule has 8 atom stereocenters. The second kappa shape index (κ2) is 17.6. The van der Waals surface area contributed by atoms with Crippen molar-refractivity contribution < 1.29 is 38.5 Å². The highest BCUT2D eigenvalue weighted by Crippen LogP contribution is 2.61. The SMILES string of the molecule is C=CCCC(=O)NC[C@@H](OC(=O)[C@@H]1[C@H]2O[C@@]3(CC2Br)[C@H](C(=O)N(CC=C)CCN2CCOCC2)N([C@@H](CO)CC(C)C)C(=O)[C@@H]13)c1ccccc1. The molecule has 3 amide bonds. The van der Waals surface area contributed by atoms with Crippen molar-refractivity contribution in [3.63, 3.8) is 0 Å². The summed E-state index contributed by atoms with van der Waals surface area (Å²) >= 11 is 3.75. The van der Waals surface area contributed by atoms with Gasteiger partial charge in [0.15, 0.2) is 0 Å². The number of hydrogen-bond donors (Lipinski definition) is 2. The van der Waals surface area contributed by atoms with Gasteiger partial charge in [0.2, 0.25) is 17.7 Å². The maximum absolute atomic E-state index is 14.9. The Morgan fingerprint density at radius 1 is 1.18 bits per heavy atom. The first-order valence-corrected chi connectivity index (χ1v) is 19.1. The highest BCUT2D eigenvalue weighted by molar-refractivity contribution is 9.09. The first-order valence-electron chi connectivity index (χ1n) is 18.1. The largest absolute Gasteiger partial charge is 0.455 e. The molecule has 13 heteroatoms. The summed E-state index contributed by atoms with van der Waals surface area (Å²) in [4.78, 5) is 61.7. The molecule has 12 nitrogen and oxygen atoms in total. The molecule has 0 aromatic heterocycles. The van der Waals surface area contributed by atoms with Crippen LogP contribution in [-0.2, 0) is 33.4 Å². The number of esters is 1. The third-order valence-corrected chi connectivity index (χ3v) is 11.4. The lowest BCUT2D eigenvalue weighted by molar-refractivity contribution is -0.161. The molecule has 4 aliphatic rings. The number of benzene rings is 1. The summed E-state index contributed by atoms with van der Waals surface area (Å²) in [6, 6.07) is 7.42. The van der Waals surface area contributed by atoms with E-state index < -0.39 is 53.6 Å². The van der Waals surface area contributed by atoms with Gasteiger partial charge in [-0.2, -0.15) is 0 Å². The molecule has 2 N–H and O–H groups in total. The Kier molecular flexibility index (Phi) is 13.5. The molecule has 1 spiro atoms. The van der Waals surface area contributed by atoms with E-state index in [0.717, 1.165) is 13.1 Å². The van der Waals surface area contributed by atoms with Gasteiger partial charge >= 0.3 is 5.97 Å². The van der Waals surface area contributed by atoms with E-state index in [2.05, 4.69) is 39.3 Å². The number of carbonyl (C=O) groups is 4. The van der Waals surface area contributed by atoms with Crippen LogP contribution in [0.5, 0.6) is 0 Å². The van der Waals surface area contributed by atoms with Gasteiger partial charge in [0, 0.05) is 44.0 Å². The first-order chi connectivity index (χ1) is 24.6. The number of rotatable bonds is 18. The lowest BCUT2D eigenvalue weighted by atomic mass is 9.70. The Labute approximate surface area is 309 Å². The maximum atomic E-state index is 14.9. The van der Waals surface area contributed by atoms with E-state index >= 15 is 0 Å². The van der Waals surface area contributed by atoms with Crippen LogP contribution in [0.4, 0.5) is 0 Å². The standard InChI is InChI=1S/C38H53BrN4O8/c1-5-7-13-30(45)40-23-29(26-11-9-8-10-12-26)50-37(48)31-32-35(46)43(27(24-44)21-25(3)4)34(38(32)22-28(39)33(31)51-38)36(47)42(14-6-2)16-15-41-17-19-49-20-18-41/h5-6,8-12,25,27-29,31-34,44H,1-2,7,13-24H2,3-4H3,(H,40,45)/t27-,28?,29-,31+,32-,33+,34+,38-/m1/s1. The smallest absolute Gasteiger partial charge is 0.313 e. The van der Waals surface area contributed by atoms with E-state index in [4.69, 9.17) is 14.2 Å². The van der Waals surface area contributed by atoms with Crippen LogP contribution in [0.2, 0.25) is 0 Å². The molecule has 4 heterocycles. The third-order valence-electron chi connectivity index (χ3n) is 10.5. The van der Waals surface area contributed by atoms with Crippen molar-refractivity contribution in [1.82, 2.24) is 20.0 Å². The van der Waals surface area contributed by atoms with Gasteiger partial charge in [-0.3, -0.25) is 24.1 Å². The molecular weight excluding hydrogens is 720 g/mol. The molecule has 1 unspecified atom stereocenters. The molecule has 1 aromatic rings.